The normalized spacial score (nSPS) is 11.5. The summed E-state index contributed by atoms with van der Waals surface area (Å²) in [5.41, 5.74) is 1.24. The number of benzene rings is 1. The van der Waals surface area contributed by atoms with Gasteiger partial charge in [-0.3, -0.25) is 0 Å². The minimum Gasteiger partial charge on any atom is -0.468 e. The van der Waals surface area contributed by atoms with Gasteiger partial charge in [-0.25, -0.2) is 15.0 Å². The van der Waals surface area contributed by atoms with Gasteiger partial charge in [-0.05, 0) is 24.3 Å². The molecule has 1 N–H and O–H groups in total. The van der Waals surface area contributed by atoms with Crippen LogP contribution in [0.15, 0.2) is 47.3 Å². The number of aromatic nitrogens is 3. The van der Waals surface area contributed by atoms with Crippen LogP contribution in [0.25, 0.3) is 10.9 Å². The highest BCUT2D eigenvalue weighted by molar-refractivity contribution is 9.10. The van der Waals surface area contributed by atoms with Gasteiger partial charge < -0.3 is 10.1 Å². The molecule has 130 valence electrons. The van der Waals surface area contributed by atoms with E-state index in [1.807, 2.05) is 18.2 Å². The van der Waals surface area contributed by atoms with Crippen molar-refractivity contribution in [2.75, 3.05) is 11.9 Å². The average molecular weight is 413 g/mol. The minimum atomic E-state index is -4.42. The second kappa shape index (κ2) is 7.22. The lowest BCUT2D eigenvalue weighted by molar-refractivity contribution is -0.154. The number of hydrogen-bond donors (Lipinski definition) is 1. The summed E-state index contributed by atoms with van der Waals surface area (Å²) in [5.74, 6) is 0.504. The molecule has 0 aliphatic rings. The van der Waals surface area contributed by atoms with E-state index in [9.17, 15) is 13.2 Å². The van der Waals surface area contributed by atoms with Crippen molar-refractivity contribution in [3.8, 4) is 5.88 Å². The lowest BCUT2D eigenvalue weighted by Gasteiger charge is -2.13. The Balaban J connectivity index is 1.79. The third-order valence-electron chi connectivity index (χ3n) is 3.27. The number of nitrogens with one attached hydrogen (secondary N) is 1. The standard InChI is InChI=1S/C16H12BrF3N4O/c17-11-3-4-13-12(6-11)14(24-9-23-13)22-7-10-2-1-5-21-15(10)25-8-16(18,19)20/h1-6,9H,7-8H2,(H,22,23,24). The predicted molar refractivity (Wildman–Crippen MR) is 90.4 cm³/mol. The van der Waals surface area contributed by atoms with Crippen molar-refractivity contribution in [3.05, 3.63) is 52.9 Å². The van der Waals surface area contributed by atoms with Gasteiger partial charge in [-0.15, -0.1) is 0 Å². The summed E-state index contributed by atoms with van der Waals surface area (Å²) in [6, 6.07) is 8.84. The van der Waals surface area contributed by atoms with Crippen LogP contribution in [0, 0.1) is 0 Å². The third kappa shape index (κ3) is 4.56. The zero-order valence-electron chi connectivity index (χ0n) is 12.7. The highest BCUT2D eigenvalue weighted by Gasteiger charge is 2.29. The molecule has 0 fully saturated rings. The van der Waals surface area contributed by atoms with Crippen LogP contribution in [0.1, 0.15) is 5.56 Å². The van der Waals surface area contributed by atoms with Crippen molar-refractivity contribution >= 4 is 32.7 Å². The van der Waals surface area contributed by atoms with Gasteiger partial charge in [0.1, 0.15) is 12.1 Å². The highest BCUT2D eigenvalue weighted by Crippen LogP contribution is 2.25. The van der Waals surface area contributed by atoms with Crippen LogP contribution in [-0.2, 0) is 6.54 Å². The fraction of sp³-hybridized carbons (Fsp3) is 0.188. The van der Waals surface area contributed by atoms with E-state index in [0.717, 1.165) is 15.4 Å². The predicted octanol–water partition coefficient (Wildman–Crippen LogP) is 4.34. The summed E-state index contributed by atoms with van der Waals surface area (Å²) in [6.07, 6.45) is -1.62. The largest absolute Gasteiger partial charge is 0.468 e. The molecule has 0 saturated heterocycles. The van der Waals surface area contributed by atoms with Crippen molar-refractivity contribution in [1.82, 2.24) is 15.0 Å². The van der Waals surface area contributed by atoms with Crippen LogP contribution in [0.5, 0.6) is 5.88 Å². The van der Waals surface area contributed by atoms with Crippen LogP contribution < -0.4 is 10.1 Å². The number of hydrogen-bond acceptors (Lipinski definition) is 5. The fourth-order valence-electron chi connectivity index (χ4n) is 2.19. The Morgan fingerprint density at radius 3 is 2.76 bits per heavy atom. The van der Waals surface area contributed by atoms with E-state index in [1.54, 1.807) is 12.1 Å². The maximum Gasteiger partial charge on any atom is 0.422 e. The molecule has 0 spiro atoms. The Labute approximate surface area is 149 Å². The Morgan fingerprint density at radius 1 is 1.12 bits per heavy atom. The summed E-state index contributed by atoms with van der Waals surface area (Å²) < 4.78 is 42.7. The third-order valence-corrected chi connectivity index (χ3v) is 3.76. The maximum absolute atomic E-state index is 12.3. The van der Waals surface area contributed by atoms with Gasteiger partial charge in [-0.1, -0.05) is 22.0 Å². The van der Waals surface area contributed by atoms with Gasteiger partial charge in [0, 0.05) is 28.2 Å². The SMILES string of the molecule is FC(F)(F)COc1ncccc1CNc1ncnc2ccc(Br)cc12. The molecule has 0 amide bonds. The number of nitrogens with zero attached hydrogens (tertiary/aromatic N) is 3. The first-order valence-corrected chi connectivity index (χ1v) is 7.99. The Morgan fingerprint density at radius 2 is 1.96 bits per heavy atom. The van der Waals surface area contributed by atoms with Gasteiger partial charge in [-0.2, -0.15) is 13.2 Å². The fourth-order valence-corrected chi connectivity index (χ4v) is 2.55. The molecule has 3 rings (SSSR count). The van der Waals surface area contributed by atoms with Crippen molar-refractivity contribution in [2.45, 2.75) is 12.7 Å². The Kier molecular flexibility index (Phi) is 5.03. The number of alkyl halides is 3. The van der Waals surface area contributed by atoms with E-state index in [1.165, 1.54) is 12.5 Å². The highest BCUT2D eigenvalue weighted by atomic mass is 79.9. The van der Waals surface area contributed by atoms with Gasteiger partial charge >= 0.3 is 6.18 Å². The summed E-state index contributed by atoms with van der Waals surface area (Å²) >= 11 is 3.39. The molecule has 5 nitrogen and oxygen atoms in total. The van der Waals surface area contributed by atoms with E-state index in [0.29, 0.717) is 11.4 Å². The maximum atomic E-state index is 12.3. The van der Waals surface area contributed by atoms with Crippen LogP contribution in [-0.4, -0.2) is 27.7 Å². The first kappa shape index (κ1) is 17.4. The van der Waals surface area contributed by atoms with Crippen LogP contribution in [0.2, 0.25) is 0 Å². The Bertz CT molecular complexity index is 889. The van der Waals surface area contributed by atoms with Crippen LogP contribution in [0.3, 0.4) is 0 Å². The summed E-state index contributed by atoms with van der Waals surface area (Å²) in [6.45, 7) is -1.18. The van der Waals surface area contributed by atoms with Crippen LogP contribution in [0.4, 0.5) is 19.0 Å². The van der Waals surface area contributed by atoms with Crippen molar-refractivity contribution < 1.29 is 17.9 Å². The zero-order valence-corrected chi connectivity index (χ0v) is 14.3. The van der Waals surface area contributed by atoms with Gasteiger partial charge in [0.05, 0.1) is 5.52 Å². The number of rotatable bonds is 5. The molecule has 3 aromatic rings. The van der Waals surface area contributed by atoms with E-state index in [2.05, 4.69) is 36.2 Å². The molecule has 0 radical (unpaired) electrons. The number of halogens is 4. The van der Waals surface area contributed by atoms with E-state index >= 15 is 0 Å². The first-order chi connectivity index (χ1) is 11.9. The van der Waals surface area contributed by atoms with Crippen LogP contribution >= 0.6 is 15.9 Å². The summed E-state index contributed by atoms with van der Waals surface area (Å²) in [4.78, 5) is 12.2. The van der Waals surface area contributed by atoms with Crippen molar-refractivity contribution in [2.24, 2.45) is 0 Å². The van der Waals surface area contributed by atoms with E-state index < -0.39 is 12.8 Å². The van der Waals surface area contributed by atoms with Crippen molar-refractivity contribution in [1.29, 1.82) is 0 Å². The summed E-state index contributed by atoms with van der Waals surface area (Å²) in [7, 11) is 0. The lowest BCUT2D eigenvalue weighted by atomic mass is 10.2. The molecule has 2 heterocycles. The monoisotopic (exact) mass is 412 g/mol. The molecule has 0 atom stereocenters. The number of anilines is 1. The van der Waals surface area contributed by atoms with Gasteiger partial charge in [0.2, 0.25) is 5.88 Å². The molecular formula is C16H12BrF3N4O. The van der Waals surface area contributed by atoms with Crippen molar-refractivity contribution in [3.63, 3.8) is 0 Å². The number of fused-ring (bicyclic) bond motifs is 1. The van der Waals surface area contributed by atoms with E-state index in [-0.39, 0.29) is 12.4 Å². The lowest BCUT2D eigenvalue weighted by Crippen LogP contribution is -2.20. The van der Waals surface area contributed by atoms with Gasteiger partial charge in [0.15, 0.2) is 6.61 Å². The molecule has 25 heavy (non-hydrogen) atoms. The smallest absolute Gasteiger partial charge is 0.422 e. The molecule has 2 aromatic heterocycles. The second-order valence-corrected chi connectivity index (χ2v) is 6.02. The molecule has 0 aliphatic heterocycles. The van der Waals surface area contributed by atoms with Gasteiger partial charge in [0.25, 0.3) is 0 Å². The average Bonchev–Trinajstić information content (AvgIpc) is 2.58. The van der Waals surface area contributed by atoms with E-state index in [4.69, 9.17) is 4.74 Å². The quantitative estimate of drug-likeness (QED) is 0.675. The second-order valence-electron chi connectivity index (χ2n) is 5.11. The summed E-state index contributed by atoms with van der Waals surface area (Å²) in [5, 5.41) is 3.89. The number of ether oxygens (including phenoxy) is 1. The molecule has 0 unspecified atom stereocenters. The molecule has 1 aromatic carbocycles. The zero-order chi connectivity index (χ0) is 17.9. The molecule has 0 bridgehead atoms. The first-order valence-electron chi connectivity index (χ1n) is 7.20. The topological polar surface area (TPSA) is 59.9 Å². The number of pyridine rings is 1. The molecular weight excluding hydrogens is 401 g/mol. The molecule has 9 heteroatoms. The molecule has 0 saturated carbocycles. The molecule has 0 aliphatic carbocycles. The minimum absolute atomic E-state index is 0.0631. The Hall–Kier alpha value is -2.42.